The van der Waals surface area contributed by atoms with Crippen LogP contribution < -0.4 is 5.73 Å². The zero-order valence-electron chi connectivity index (χ0n) is 11.4. The molecule has 2 N–H and O–H groups in total. The number of amides is 1. The second-order valence-electron chi connectivity index (χ2n) is 5.34. The number of rotatable bonds is 2. The summed E-state index contributed by atoms with van der Waals surface area (Å²) in [4.78, 5) is 14.4. The van der Waals surface area contributed by atoms with Gasteiger partial charge in [0.1, 0.15) is 5.58 Å². The highest BCUT2D eigenvalue weighted by atomic mass is 35.5. The van der Waals surface area contributed by atoms with E-state index in [4.69, 9.17) is 21.8 Å². The van der Waals surface area contributed by atoms with Crippen molar-refractivity contribution in [2.45, 2.75) is 13.3 Å². The minimum absolute atomic E-state index is 0.0502. The number of halogens is 1. The second-order valence-corrected chi connectivity index (χ2v) is 5.77. The van der Waals surface area contributed by atoms with Gasteiger partial charge in [-0.15, -0.1) is 0 Å². The van der Waals surface area contributed by atoms with Gasteiger partial charge in [-0.05, 0) is 44.0 Å². The number of nitrogens with zero attached hydrogens (tertiary/aromatic N) is 1. The number of carbonyl (C=O) groups is 1. The predicted molar refractivity (Wildman–Crippen MR) is 79.0 cm³/mol. The quantitative estimate of drug-likeness (QED) is 0.926. The Labute approximate surface area is 122 Å². The number of fused-ring (bicyclic) bond motifs is 1. The van der Waals surface area contributed by atoms with Crippen molar-refractivity contribution >= 4 is 28.5 Å². The molecule has 1 aromatic carbocycles. The largest absolute Gasteiger partial charge is 0.451 e. The van der Waals surface area contributed by atoms with Gasteiger partial charge in [0.25, 0.3) is 5.91 Å². The van der Waals surface area contributed by atoms with Crippen molar-refractivity contribution in [1.82, 2.24) is 4.90 Å². The van der Waals surface area contributed by atoms with Gasteiger partial charge in [-0.2, -0.15) is 0 Å². The van der Waals surface area contributed by atoms with Crippen molar-refractivity contribution in [3.8, 4) is 0 Å². The molecule has 4 nitrogen and oxygen atoms in total. The van der Waals surface area contributed by atoms with Crippen LogP contribution in [0.1, 0.15) is 22.5 Å². The lowest BCUT2D eigenvalue weighted by Gasteiger charge is -2.14. The number of hydrogen-bond donors (Lipinski definition) is 1. The Morgan fingerprint density at radius 1 is 1.55 bits per heavy atom. The van der Waals surface area contributed by atoms with E-state index in [9.17, 15) is 4.79 Å². The predicted octanol–water partition coefficient (Wildman–Crippen LogP) is 2.82. The van der Waals surface area contributed by atoms with Crippen LogP contribution in [0.4, 0.5) is 0 Å². The summed E-state index contributed by atoms with van der Waals surface area (Å²) < 4.78 is 5.72. The molecule has 1 unspecified atom stereocenters. The first-order valence-electron chi connectivity index (χ1n) is 6.78. The average molecular weight is 293 g/mol. The Bertz CT molecular complexity index is 665. The summed E-state index contributed by atoms with van der Waals surface area (Å²) in [6.45, 7) is 3.98. The van der Waals surface area contributed by atoms with Crippen LogP contribution in [0.25, 0.3) is 11.0 Å². The van der Waals surface area contributed by atoms with Crippen LogP contribution in [0.2, 0.25) is 5.02 Å². The molecule has 0 radical (unpaired) electrons. The average Bonchev–Trinajstić information content (AvgIpc) is 3.04. The van der Waals surface area contributed by atoms with Gasteiger partial charge in [0, 0.05) is 29.1 Å². The number of likely N-dealkylation sites (tertiary alicyclic amines) is 1. The van der Waals surface area contributed by atoms with Gasteiger partial charge < -0.3 is 15.1 Å². The highest BCUT2D eigenvalue weighted by molar-refractivity contribution is 6.31. The standard InChI is InChI=1S/C15H17ClN2O2/c1-9-12-6-11(16)2-3-13(12)20-14(9)15(19)18-5-4-10(7-17)8-18/h2-3,6,10H,4-5,7-8,17H2,1H3. The topological polar surface area (TPSA) is 59.5 Å². The zero-order chi connectivity index (χ0) is 14.3. The Kier molecular flexibility index (Phi) is 3.44. The van der Waals surface area contributed by atoms with Crippen LogP contribution in [-0.4, -0.2) is 30.4 Å². The summed E-state index contributed by atoms with van der Waals surface area (Å²) >= 11 is 5.99. The molecule has 1 amide bonds. The third-order valence-corrected chi connectivity index (χ3v) is 4.23. The van der Waals surface area contributed by atoms with Gasteiger partial charge >= 0.3 is 0 Å². The highest BCUT2D eigenvalue weighted by Gasteiger charge is 2.29. The first-order valence-corrected chi connectivity index (χ1v) is 7.16. The van der Waals surface area contributed by atoms with Crippen LogP contribution in [0, 0.1) is 12.8 Å². The summed E-state index contributed by atoms with van der Waals surface area (Å²) in [6, 6.07) is 5.40. The van der Waals surface area contributed by atoms with Crippen LogP contribution in [0.5, 0.6) is 0 Å². The minimum Gasteiger partial charge on any atom is -0.451 e. The number of carbonyl (C=O) groups excluding carboxylic acids is 1. The van der Waals surface area contributed by atoms with Crippen LogP contribution in [-0.2, 0) is 0 Å². The molecule has 1 saturated heterocycles. The van der Waals surface area contributed by atoms with E-state index in [0.717, 1.165) is 23.9 Å². The maximum absolute atomic E-state index is 12.5. The Morgan fingerprint density at radius 3 is 3.05 bits per heavy atom. The molecular formula is C15H17ClN2O2. The number of nitrogens with two attached hydrogens (primary N) is 1. The van der Waals surface area contributed by atoms with Crippen molar-refractivity contribution in [2.24, 2.45) is 11.7 Å². The van der Waals surface area contributed by atoms with Gasteiger partial charge in [0.05, 0.1) is 0 Å². The lowest BCUT2D eigenvalue weighted by Crippen LogP contribution is -2.30. The summed E-state index contributed by atoms with van der Waals surface area (Å²) in [7, 11) is 0. The van der Waals surface area contributed by atoms with Gasteiger partial charge in [-0.25, -0.2) is 0 Å². The molecule has 3 rings (SSSR count). The zero-order valence-corrected chi connectivity index (χ0v) is 12.1. The van der Waals surface area contributed by atoms with E-state index in [1.165, 1.54) is 0 Å². The van der Waals surface area contributed by atoms with Crippen LogP contribution in [0.15, 0.2) is 22.6 Å². The molecule has 2 heterocycles. The van der Waals surface area contributed by atoms with E-state index in [2.05, 4.69) is 0 Å². The number of furan rings is 1. The smallest absolute Gasteiger partial charge is 0.289 e. The maximum atomic E-state index is 12.5. The molecule has 106 valence electrons. The van der Waals surface area contributed by atoms with E-state index >= 15 is 0 Å². The Morgan fingerprint density at radius 2 is 2.35 bits per heavy atom. The molecule has 5 heteroatoms. The highest BCUT2D eigenvalue weighted by Crippen LogP contribution is 2.29. The molecule has 1 aromatic heterocycles. The third-order valence-electron chi connectivity index (χ3n) is 4.00. The van der Waals surface area contributed by atoms with Crippen molar-refractivity contribution < 1.29 is 9.21 Å². The molecule has 1 fully saturated rings. The third kappa shape index (κ3) is 2.19. The first kappa shape index (κ1) is 13.5. The van der Waals surface area contributed by atoms with Gasteiger partial charge in [0.15, 0.2) is 5.76 Å². The van der Waals surface area contributed by atoms with E-state index in [0.29, 0.717) is 35.4 Å². The molecule has 1 atom stereocenters. The fourth-order valence-electron chi connectivity index (χ4n) is 2.75. The van der Waals surface area contributed by atoms with Gasteiger partial charge in [-0.1, -0.05) is 11.6 Å². The summed E-state index contributed by atoms with van der Waals surface area (Å²) in [5.41, 5.74) is 7.22. The Balaban J connectivity index is 1.94. The van der Waals surface area contributed by atoms with Gasteiger partial charge in [0.2, 0.25) is 0 Å². The molecular weight excluding hydrogens is 276 g/mol. The van der Waals surface area contributed by atoms with Crippen molar-refractivity contribution in [1.29, 1.82) is 0 Å². The van der Waals surface area contributed by atoms with Crippen molar-refractivity contribution in [3.05, 3.63) is 34.5 Å². The van der Waals surface area contributed by atoms with Crippen LogP contribution in [0.3, 0.4) is 0 Å². The molecule has 1 aliphatic heterocycles. The normalized spacial score (nSPS) is 18.9. The Hall–Kier alpha value is -1.52. The van der Waals surface area contributed by atoms with Crippen molar-refractivity contribution in [2.75, 3.05) is 19.6 Å². The SMILES string of the molecule is Cc1c(C(=O)N2CCC(CN)C2)oc2ccc(Cl)cc12. The maximum Gasteiger partial charge on any atom is 0.289 e. The molecule has 20 heavy (non-hydrogen) atoms. The molecule has 2 aromatic rings. The lowest BCUT2D eigenvalue weighted by molar-refractivity contribution is 0.0757. The van der Waals surface area contributed by atoms with Crippen molar-refractivity contribution in [3.63, 3.8) is 0 Å². The molecule has 0 saturated carbocycles. The molecule has 0 aliphatic carbocycles. The summed E-state index contributed by atoms with van der Waals surface area (Å²) in [6.07, 6.45) is 0.966. The number of aryl methyl sites for hydroxylation is 1. The number of benzene rings is 1. The monoisotopic (exact) mass is 292 g/mol. The summed E-state index contributed by atoms with van der Waals surface area (Å²) in [5, 5.41) is 1.54. The first-order chi connectivity index (χ1) is 9.60. The van der Waals surface area contributed by atoms with E-state index in [1.54, 1.807) is 12.1 Å². The van der Waals surface area contributed by atoms with E-state index in [1.807, 2.05) is 17.9 Å². The second kappa shape index (κ2) is 5.11. The fourth-order valence-corrected chi connectivity index (χ4v) is 2.92. The molecule has 1 aliphatic rings. The number of hydrogen-bond acceptors (Lipinski definition) is 3. The molecule has 0 bridgehead atoms. The fraction of sp³-hybridized carbons (Fsp3) is 0.400. The van der Waals surface area contributed by atoms with Gasteiger partial charge in [-0.3, -0.25) is 4.79 Å². The van der Waals surface area contributed by atoms with E-state index in [-0.39, 0.29) is 5.91 Å². The van der Waals surface area contributed by atoms with Crippen LogP contribution >= 0.6 is 11.6 Å². The lowest BCUT2D eigenvalue weighted by atomic mass is 10.1. The summed E-state index contributed by atoms with van der Waals surface area (Å²) in [5.74, 6) is 0.767. The minimum atomic E-state index is -0.0502. The molecule has 0 spiro atoms. The van der Waals surface area contributed by atoms with E-state index < -0.39 is 0 Å².